The van der Waals surface area contributed by atoms with Crippen LogP contribution in [0.3, 0.4) is 0 Å². The number of nitrogens with zero attached hydrogens (tertiary/aromatic N) is 3. The molecule has 0 aromatic heterocycles. The van der Waals surface area contributed by atoms with Gasteiger partial charge in [0.15, 0.2) is 0 Å². The Balaban J connectivity index is 3.19. The van der Waals surface area contributed by atoms with E-state index < -0.39 is 0 Å². The molecule has 0 spiro atoms. The molecule has 15 heavy (non-hydrogen) atoms. The first-order valence-electron chi connectivity index (χ1n) is 4.78. The van der Waals surface area contributed by atoms with Gasteiger partial charge in [0.2, 0.25) is 0 Å². The van der Waals surface area contributed by atoms with Crippen LogP contribution in [0.25, 0.3) is 0 Å². The second kappa shape index (κ2) is 5.72. The van der Waals surface area contributed by atoms with E-state index >= 15 is 0 Å². The number of hydrogen-bond donors (Lipinski definition) is 2. The molecule has 1 aromatic rings. The maximum absolute atomic E-state index is 8.93. The maximum Gasteiger partial charge on any atom is 0.112 e. The van der Waals surface area contributed by atoms with Crippen molar-refractivity contribution >= 4 is 24.2 Å². The monoisotopic (exact) mass is 224 g/mol. The first-order valence-corrected chi connectivity index (χ1v) is 5.18. The molecule has 1 N–H and O–H groups in total. The molecule has 0 saturated carbocycles. The van der Waals surface area contributed by atoms with Gasteiger partial charge in [0.05, 0.1) is 5.69 Å². The number of aliphatic hydroxyl groups is 1. The summed E-state index contributed by atoms with van der Waals surface area (Å²) in [4.78, 5) is 0. The van der Waals surface area contributed by atoms with Crippen molar-refractivity contribution in [3.63, 3.8) is 0 Å². The fourth-order valence-electron chi connectivity index (χ4n) is 1.44. The molecule has 5 heteroatoms. The Labute approximate surface area is 95.0 Å². The van der Waals surface area contributed by atoms with Crippen molar-refractivity contribution in [3.8, 4) is 0 Å². The highest BCUT2D eigenvalue weighted by atomic mass is 32.1. The highest BCUT2D eigenvalue weighted by molar-refractivity contribution is 7.81. The van der Waals surface area contributed by atoms with Crippen LogP contribution in [-0.2, 0) is 6.42 Å². The topological polar surface area (TPSA) is 58.1 Å². The molecule has 0 unspecified atom stereocenters. The maximum atomic E-state index is 8.93. The normalized spacial score (nSPS) is 10.1. The lowest BCUT2D eigenvalue weighted by Crippen LogP contribution is -2.12. The first kappa shape index (κ1) is 12.0. The van der Waals surface area contributed by atoms with E-state index in [1.807, 2.05) is 13.0 Å². The van der Waals surface area contributed by atoms with Gasteiger partial charge in [-0.15, -0.1) is 5.11 Å². The smallest absolute Gasteiger partial charge is 0.112 e. The predicted molar refractivity (Wildman–Crippen MR) is 63.5 cm³/mol. The fourth-order valence-corrected chi connectivity index (χ4v) is 1.67. The van der Waals surface area contributed by atoms with Gasteiger partial charge in [0.25, 0.3) is 0 Å². The minimum atomic E-state index is 0.0627. The van der Waals surface area contributed by atoms with Crippen molar-refractivity contribution in [2.45, 2.75) is 13.3 Å². The van der Waals surface area contributed by atoms with Crippen LogP contribution < -0.4 is 9.84 Å². The number of rotatable bonds is 5. The van der Waals surface area contributed by atoms with Gasteiger partial charge in [0.1, 0.15) is 5.69 Å². The second-order valence-corrected chi connectivity index (χ2v) is 3.56. The van der Waals surface area contributed by atoms with Gasteiger partial charge in [-0.2, -0.15) is 0 Å². The Morgan fingerprint density at radius 3 is 2.80 bits per heavy atom. The predicted octanol–water partition coefficient (Wildman–Crippen LogP) is 1.78. The summed E-state index contributed by atoms with van der Waals surface area (Å²) in [6, 6.07) is 5.38. The van der Waals surface area contributed by atoms with Crippen LogP contribution in [0.2, 0.25) is 0 Å². The van der Waals surface area contributed by atoms with E-state index in [-0.39, 0.29) is 6.61 Å². The van der Waals surface area contributed by atoms with Crippen molar-refractivity contribution in [3.05, 3.63) is 23.8 Å². The van der Waals surface area contributed by atoms with Crippen LogP contribution in [0.4, 0.5) is 11.4 Å². The zero-order valence-corrected chi connectivity index (χ0v) is 9.48. The summed E-state index contributed by atoms with van der Waals surface area (Å²) in [6.07, 6.45) is 0.524. The van der Waals surface area contributed by atoms with Crippen molar-refractivity contribution < 1.29 is 5.11 Å². The van der Waals surface area contributed by atoms with Crippen molar-refractivity contribution in [1.29, 1.82) is 0 Å². The van der Waals surface area contributed by atoms with E-state index in [0.717, 1.165) is 11.3 Å². The lowest BCUT2D eigenvalue weighted by atomic mass is 10.1. The van der Waals surface area contributed by atoms with Crippen molar-refractivity contribution in [1.82, 2.24) is 5.53 Å². The average Bonchev–Trinajstić information content (AvgIpc) is 2.28. The minimum absolute atomic E-state index is 0.0627. The largest absolute Gasteiger partial charge is 0.396 e. The van der Waals surface area contributed by atoms with Gasteiger partial charge in [-0.1, -0.05) is 24.9 Å². The third-order valence-electron chi connectivity index (χ3n) is 2.14. The number of benzene rings is 1. The third kappa shape index (κ3) is 2.70. The van der Waals surface area contributed by atoms with Crippen LogP contribution in [0.15, 0.2) is 23.3 Å². The van der Waals surface area contributed by atoms with E-state index in [1.54, 1.807) is 16.4 Å². The number of aliphatic hydroxyl groups excluding tert-OH is 1. The fraction of sp³-hybridized carbons (Fsp3) is 0.400. The van der Waals surface area contributed by atoms with Crippen LogP contribution in [0.5, 0.6) is 0 Å². The van der Waals surface area contributed by atoms with Crippen LogP contribution >= 0.6 is 12.8 Å². The van der Waals surface area contributed by atoms with E-state index in [2.05, 4.69) is 17.9 Å². The summed E-state index contributed by atoms with van der Waals surface area (Å²) >= 11 is 4.29. The molecule has 0 bridgehead atoms. The lowest BCUT2D eigenvalue weighted by Gasteiger charge is -2.20. The highest BCUT2D eigenvalue weighted by Crippen LogP contribution is 2.33. The van der Waals surface area contributed by atoms with Gasteiger partial charge >= 0.3 is 0 Å². The van der Waals surface area contributed by atoms with E-state index in [9.17, 15) is 0 Å². The molecule has 0 atom stereocenters. The molecule has 1 aromatic carbocycles. The zero-order chi connectivity index (χ0) is 11.3. The Morgan fingerprint density at radius 2 is 2.27 bits per heavy atom. The Hall–Kier alpha value is -1.07. The molecule has 0 aliphatic carbocycles. The van der Waals surface area contributed by atoms with Crippen LogP contribution in [0, 0.1) is 0 Å². The Kier molecular flexibility index (Phi) is 4.58. The molecule has 0 aliphatic heterocycles. The number of thiol groups is 1. The summed E-state index contributed by atoms with van der Waals surface area (Å²) in [5.41, 5.74) is 11.0. The molecule has 0 heterocycles. The summed E-state index contributed by atoms with van der Waals surface area (Å²) in [7, 11) is 0. The van der Waals surface area contributed by atoms with Gasteiger partial charge in [0, 0.05) is 13.2 Å². The number of para-hydroxylation sites is 1. The molecule has 1 radical (unpaired) electrons. The number of hydrogen-bond acceptors (Lipinski definition) is 4. The SMILES string of the molecule is CCN(S)c1c(CCO)cccc1N=[N]. The molecule has 1 rings (SSSR count). The minimum Gasteiger partial charge on any atom is -0.396 e. The molecule has 0 aliphatic rings. The summed E-state index contributed by atoms with van der Waals surface area (Å²) < 4.78 is 1.69. The highest BCUT2D eigenvalue weighted by Gasteiger charge is 2.11. The van der Waals surface area contributed by atoms with E-state index in [0.29, 0.717) is 18.7 Å². The molecular formula is C10H14N3OS. The van der Waals surface area contributed by atoms with Gasteiger partial charge < -0.3 is 9.41 Å². The van der Waals surface area contributed by atoms with Crippen molar-refractivity contribution in [2.75, 3.05) is 17.5 Å². The third-order valence-corrected chi connectivity index (χ3v) is 2.63. The average molecular weight is 224 g/mol. The van der Waals surface area contributed by atoms with Gasteiger partial charge in [-0.3, -0.25) is 0 Å². The Bertz CT molecular complexity index is 343. The van der Waals surface area contributed by atoms with Crippen LogP contribution in [-0.4, -0.2) is 18.3 Å². The molecule has 0 saturated heterocycles. The summed E-state index contributed by atoms with van der Waals surface area (Å²) in [5.74, 6) is 0. The standard InChI is InChI=1S/C10H14N3OS/c1-2-13(15)10-8(6-7-14)4-3-5-9(10)12-11/h3-5,14-15H,2,6-7H2,1H3. The molecular weight excluding hydrogens is 210 g/mol. The molecule has 4 nitrogen and oxygen atoms in total. The van der Waals surface area contributed by atoms with Gasteiger partial charge in [-0.25, -0.2) is 0 Å². The second-order valence-electron chi connectivity index (χ2n) is 3.07. The lowest BCUT2D eigenvalue weighted by molar-refractivity contribution is 0.300. The first-order chi connectivity index (χ1) is 7.24. The molecule has 0 amide bonds. The van der Waals surface area contributed by atoms with Crippen molar-refractivity contribution in [2.24, 2.45) is 5.11 Å². The number of anilines is 1. The molecule has 81 valence electrons. The van der Waals surface area contributed by atoms with Gasteiger partial charge in [-0.05, 0) is 30.5 Å². The van der Waals surface area contributed by atoms with E-state index in [1.165, 1.54) is 0 Å². The van der Waals surface area contributed by atoms with E-state index in [4.69, 9.17) is 10.6 Å². The summed E-state index contributed by atoms with van der Waals surface area (Å²) in [5, 5.41) is 12.1. The quantitative estimate of drug-likeness (QED) is 0.591. The zero-order valence-electron chi connectivity index (χ0n) is 8.59. The summed E-state index contributed by atoms with van der Waals surface area (Å²) in [6.45, 7) is 2.70. The van der Waals surface area contributed by atoms with Crippen LogP contribution in [0.1, 0.15) is 12.5 Å². The Morgan fingerprint density at radius 1 is 1.53 bits per heavy atom. The molecule has 0 fully saturated rings.